The number of hydrogen-bond acceptors (Lipinski definition) is 5. The fraction of sp³-hybridized carbons (Fsp3) is 0.643. The number of nitrogens with zero attached hydrogens (tertiary/aromatic N) is 2. The molecule has 6 heteroatoms. The van der Waals surface area contributed by atoms with E-state index in [9.17, 15) is 9.90 Å². The summed E-state index contributed by atoms with van der Waals surface area (Å²) in [5.74, 6) is 0.840. The summed E-state index contributed by atoms with van der Waals surface area (Å²) < 4.78 is 5.00. The Morgan fingerprint density at radius 1 is 1.50 bits per heavy atom. The zero-order valence-corrected chi connectivity index (χ0v) is 11.9. The fourth-order valence-electron chi connectivity index (χ4n) is 2.57. The smallest absolute Gasteiger partial charge is 0.311 e. The van der Waals surface area contributed by atoms with Crippen LogP contribution < -0.4 is 10.1 Å². The number of carboxylic acids is 1. The highest BCUT2D eigenvalue weighted by atomic mass is 16.5. The number of carbonyl (C=O) groups is 1. The van der Waals surface area contributed by atoms with Gasteiger partial charge in [-0.25, -0.2) is 0 Å². The monoisotopic (exact) mass is 279 g/mol. The van der Waals surface area contributed by atoms with E-state index in [2.05, 4.69) is 22.2 Å². The summed E-state index contributed by atoms with van der Waals surface area (Å²) in [6.07, 6.45) is 6.40. The summed E-state index contributed by atoms with van der Waals surface area (Å²) in [6.45, 7) is 2.55. The molecule has 0 unspecified atom stereocenters. The van der Waals surface area contributed by atoms with Gasteiger partial charge in [0.25, 0.3) is 0 Å². The van der Waals surface area contributed by atoms with Crippen molar-refractivity contribution in [2.45, 2.75) is 32.6 Å². The minimum atomic E-state index is -0.729. The van der Waals surface area contributed by atoms with Gasteiger partial charge in [-0.05, 0) is 31.6 Å². The van der Waals surface area contributed by atoms with Gasteiger partial charge in [0.15, 0.2) is 0 Å². The van der Waals surface area contributed by atoms with Gasteiger partial charge in [0.2, 0.25) is 5.88 Å². The van der Waals surface area contributed by atoms with E-state index in [0.717, 1.165) is 12.8 Å². The van der Waals surface area contributed by atoms with Crippen LogP contribution in [0.15, 0.2) is 12.4 Å². The van der Waals surface area contributed by atoms with E-state index in [0.29, 0.717) is 37.0 Å². The number of anilines is 1. The van der Waals surface area contributed by atoms with Crippen molar-refractivity contribution in [1.82, 2.24) is 9.97 Å². The van der Waals surface area contributed by atoms with Crippen molar-refractivity contribution in [3.8, 4) is 5.88 Å². The highest BCUT2D eigenvalue weighted by Crippen LogP contribution is 2.39. The lowest BCUT2D eigenvalue weighted by molar-refractivity contribution is -0.150. The normalized spacial score (nSPS) is 26.0. The topological polar surface area (TPSA) is 84.3 Å². The highest BCUT2D eigenvalue weighted by Gasteiger charge is 2.41. The summed E-state index contributed by atoms with van der Waals surface area (Å²) in [4.78, 5) is 19.8. The molecule has 0 saturated heterocycles. The molecular weight excluding hydrogens is 258 g/mol. The SMILES string of the molecule is COc1cncc(NCC2(C(=O)O)CCC(C)CC2)n1. The van der Waals surface area contributed by atoms with Crippen molar-refractivity contribution in [3.63, 3.8) is 0 Å². The molecule has 6 nitrogen and oxygen atoms in total. The number of hydrogen-bond donors (Lipinski definition) is 2. The molecule has 1 aromatic heterocycles. The molecule has 1 fully saturated rings. The first-order valence-electron chi connectivity index (χ1n) is 6.89. The fourth-order valence-corrected chi connectivity index (χ4v) is 2.57. The maximum Gasteiger partial charge on any atom is 0.311 e. The van der Waals surface area contributed by atoms with E-state index in [1.165, 1.54) is 13.3 Å². The molecule has 1 saturated carbocycles. The molecule has 2 rings (SSSR count). The van der Waals surface area contributed by atoms with Gasteiger partial charge in [0.05, 0.1) is 24.9 Å². The summed E-state index contributed by atoms with van der Waals surface area (Å²) in [6, 6.07) is 0. The molecule has 0 aromatic carbocycles. The number of nitrogens with one attached hydrogen (secondary N) is 1. The molecule has 0 spiro atoms. The Morgan fingerprint density at radius 3 is 2.80 bits per heavy atom. The van der Waals surface area contributed by atoms with Crippen LogP contribution in [-0.4, -0.2) is 34.7 Å². The molecular formula is C14H21N3O3. The second-order valence-electron chi connectivity index (χ2n) is 5.57. The van der Waals surface area contributed by atoms with Gasteiger partial charge in [-0.2, -0.15) is 4.98 Å². The van der Waals surface area contributed by atoms with Gasteiger partial charge in [0, 0.05) is 6.54 Å². The Labute approximate surface area is 118 Å². The van der Waals surface area contributed by atoms with Crippen LogP contribution in [0.25, 0.3) is 0 Å². The van der Waals surface area contributed by atoms with Gasteiger partial charge in [0.1, 0.15) is 5.82 Å². The quantitative estimate of drug-likeness (QED) is 0.859. The third-order valence-electron chi connectivity index (χ3n) is 4.11. The maximum absolute atomic E-state index is 11.6. The maximum atomic E-state index is 11.6. The average molecular weight is 279 g/mol. The standard InChI is InChI=1S/C14H21N3O3/c1-10-3-5-14(6-4-10,13(18)19)9-16-11-7-15-8-12(17-11)20-2/h7-8,10H,3-6,9H2,1-2H3,(H,16,17)(H,18,19). The predicted octanol–water partition coefficient (Wildman–Crippen LogP) is 2.18. The Morgan fingerprint density at radius 2 is 2.20 bits per heavy atom. The first kappa shape index (κ1) is 14.6. The minimum Gasteiger partial charge on any atom is -0.481 e. The Kier molecular flexibility index (Phi) is 4.42. The number of methoxy groups -OCH3 is 1. The summed E-state index contributed by atoms with van der Waals surface area (Å²) >= 11 is 0. The molecule has 2 N–H and O–H groups in total. The van der Waals surface area contributed by atoms with Crippen molar-refractivity contribution in [2.75, 3.05) is 19.0 Å². The van der Waals surface area contributed by atoms with Crippen molar-refractivity contribution in [2.24, 2.45) is 11.3 Å². The number of carboxylic acid groups (broad SMARTS) is 1. The molecule has 0 amide bonds. The van der Waals surface area contributed by atoms with Crippen LogP contribution in [-0.2, 0) is 4.79 Å². The Hall–Kier alpha value is -1.85. The molecule has 0 atom stereocenters. The van der Waals surface area contributed by atoms with Crippen molar-refractivity contribution >= 4 is 11.8 Å². The highest BCUT2D eigenvalue weighted by molar-refractivity contribution is 5.75. The zero-order chi connectivity index (χ0) is 14.6. The van der Waals surface area contributed by atoms with Crippen LogP contribution in [0.5, 0.6) is 5.88 Å². The van der Waals surface area contributed by atoms with E-state index in [1.807, 2.05) is 0 Å². The lowest BCUT2D eigenvalue weighted by Crippen LogP contribution is -2.41. The van der Waals surface area contributed by atoms with Gasteiger partial charge in [-0.15, -0.1) is 0 Å². The molecule has 1 aliphatic carbocycles. The second kappa shape index (κ2) is 6.07. The number of rotatable bonds is 5. The Balaban J connectivity index is 2.04. The van der Waals surface area contributed by atoms with Crippen molar-refractivity contribution in [1.29, 1.82) is 0 Å². The summed E-state index contributed by atoms with van der Waals surface area (Å²) in [5, 5.41) is 12.6. The third kappa shape index (κ3) is 3.18. The van der Waals surface area contributed by atoms with Gasteiger partial charge < -0.3 is 15.2 Å². The van der Waals surface area contributed by atoms with Gasteiger partial charge in [-0.1, -0.05) is 6.92 Å². The van der Waals surface area contributed by atoms with E-state index < -0.39 is 11.4 Å². The molecule has 1 heterocycles. The molecule has 110 valence electrons. The van der Waals surface area contributed by atoms with Crippen LogP contribution in [0.4, 0.5) is 5.82 Å². The molecule has 20 heavy (non-hydrogen) atoms. The van der Waals surface area contributed by atoms with Crippen LogP contribution in [0, 0.1) is 11.3 Å². The van der Waals surface area contributed by atoms with E-state index in [-0.39, 0.29) is 0 Å². The van der Waals surface area contributed by atoms with Gasteiger partial charge >= 0.3 is 5.97 Å². The second-order valence-corrected chi connectivity index (χ2v) is 5.57. The van der Waals surface area contributed by atoms with Crippen molar-refractivity contribution < 1.29 is 14.6 Å². The van der Waals surface area contributed by atoms with Crippen LogP contribution in [0.2, 0.25) is 0 Å². The van der Waals surface area contributed by atoms with Gasteiger partial charge in [-0.3, -0.25) is 9.78 Å². The molecule has 0 bridgehead atoms. The average Bonchev–Trinajstić information content (AvgIpc) is 2.47. The van der Waals surface area contributed by atoms with E-state index in [4.69, 9.17) is 4.74 Å². The largest absolute Gasteiger partial charge is 0.481 e. The molecule has 1 aromatic rings. The molecule has 0 radical (unpaired) electrons. The number of aliphatic carboxylic acids is 1. The van der Waals surface area contributed by atoms with Crippen LogP contribution in [0.1, 0.15) is 32.6 Å². The first-order valence-corrected chi connectivity index (χ1v) is 6.89. The lowest BCUT2D eigenvalue weighted by atomic mass is 9.71. The molecule has 1 aliphatic rings. The zero-order valence-electron chi connectivity index (χ0n) is 11.9. The third-order valence-corrected chi connectivity index (χ3v) is 4.11. The lowest BCUT2D eigenvalue weighted by Gasteiger charge is -2.35. The minimum absolute atomic E-state index is 0.372. The first-order chi connectivity index (χ1) is 9.55. The van der Waals surface area contributed by atoms with E-state index >= 15 is 0 Å². The number of aromatic nitrogens is 2. The predicted molar refractivity (Wildman–Crippen MR) is 74.8 cm³/mol. The summed E-state index contributed by atoms with van der Waals surface area (Å²) in [5.41, 5.74) is -0.697. The Bertz CT molecular complexity index is 470. The van der Waals surface area contributed by atoms with E-state index in [1.54, 1.807) is 6.20 Å². The van der Waals surface area contributed by atoms with Crippen LogP contribution >= 0.6 is 0 Å². The molecule has 0 aliphatic heterocycles. The van der Waals surface area contributed by atoms with Crippen LogP contribution in [0.3, 0.4) is 0 Å². The van der Waals surface area contributed by atoms with Crippen molar-refractivity contribution in [3.05, 3.63) is 12.4 Å². The number of ether oxygens (including phenoxy) is 1. The summed E-state index contributed by atoms with van der Waals surface area (Å²) in [7, 11) is 1.52.